The van der Waals surface area contributed by atoms with E-state index in [1.807, 2.05) is 24.3 Å². The zero-order chi connectivity index (χ0) is 15.4. The normalized spacial score (nSPS) is 11.0. The standard InChI is InChI=1S/C16H13FN4O/c1-18-10-15-16(20-21-19-15)11-3-2-4-14(9-11)22-13-7-5-12(17)6-8-13/h2-10H,1H3,(H,19,20,21). The SMILES string of the molecule is CN=Cc1n[nH]nc1-c1cccc(Oc2ccc(F)cc2)c1. The van der Waals surface area contributed by atoms with Gasteiger partial charge in [-0.05, 0) is 36.4 Å². The molecule has 2 aromatic carbocycles. The Morgan fingerprint density at radius 1 is 1.09 bits per heavy atom. The van der Waals surface area contributed by atoms with Crippen LogP contribution >= 0.6 is 0 Å². The zero-order valence-corrected chi connectivity index (χ0v) is 11.8. The molecule has 0 bridgehead atoms. The van der Waals surface area contributed by atoms with Crippen molar-refractivity contribution in [2.75, 3.05) is 7.05 Å². The molecule has 6 heteroatoms. The molecule has 0 saturated carbocycles. The Kier molecular flexibility index (Phi) is 3.91. The molecule has 1 aromatic heterocycles. The molecule has 22 heavy (non-hydrogen) atoms. The van der Waals surface area contributed by atoms with Crippen molar-refractivity contribution in [3.63, 3.8) is 0 Å². The van der Waals surface area contributed by atoms with E-state index in [1.54, 1.807) is 25.4 Å². The summed E-state index contributed by atoms with van der Waals surface area (Å²) in [6, 6.07) is 13.3. The van der Waals surface area contributed by atoms with E-state index < -0.39 is 0 Å². The molecule has 3 aromatic rings. The Balaban J connectivity index is 1.89. The lowest BCUT2D eigenvalue weighted by atomic mass is 10.1. The number of hydrogen-bond acceptors (Lipinski definition) is 4. The van der Waals surface area contributed by atoms with Crippen LogP contribution in [0.25, 0.3) is 11.3 Å². The molecule has 0 saturated heterocycles. The van der Waals surface area contributed by atoms with Crippen molar-refractivity contribution in [2.24, 2.45) is 4.99 Å². The highest BCUT2D eigenvalue weighted by molar-refractivity contribution is 5.86. The Morgan fingerprint density at radius 3 is 2.68 bits per heavy atom. The van der Waals surface area contributed by atoms with Crippen LogP contribution in [0.3, 0.4) is 0 Å². The molecule has 0 atom stereocenters. The van der Waals surface area contributed by atoms with E-state index in [0.717, 1.165) is 5.56 Å². The third kappa shape index (κ3) is 3.01. The van der Waals surface area contributed by atoms with E-state index in [0.29, 0.717) is 22.9 Å². The molecular weight excluding hydrogens is 283 g/mol. The highest BCUT2D eigenvalue weighted by Crippen LogP contribution is 2.27. The number of aromatic nitrogens is 3. The van der Waals surface area contributed by atoms with E-state index in [2.05, 4.69) is 20.4 Å². The first-order chi connectivity index (χ1) is 10.8. The number of H-pyrrole nitrogens is 1. The van der Waals surface area contributed by atoms with Gasteiger partial charge in [0, 0.05) is 12.6 Å². The first-order valence-electron chi connectivity index (χ1n) is 6.63. The summed E-state index contributed by atoms with van der Waals surface area (Å²) in [5, 5.41) is 10.8. The predicted molar refractivity (Wildman–Crippen MR) is 81.8 cm³/mol. The van der Waals surface area contributed by atoms with Gasteiger partial charge in [-0.2, -0.15) is 15.4 Å². The maximum atomic E-state index is 12.9. The van der Waals surface area contributed by atoms with E-state index in [-0.39, 0.29) is 5.82 Å². The number of hydrogen-bond donors (Lipinski definition) is 1. The summed E-state index contributed by atoms with van der Waals surface area (Å²) in [4.78, 5) is 3.95. The largest absolute Gasteiger partial charge is 0.457 e. The average Bonchev–Trinajstić information content (AvgIpc) is 2.99. The van der Waals surface area contributed by atoms with E-state index in [1.165, 1.54) is 12.1 Å². The minimum atomic E-state index is -0.299. The summed E-state index contributed by atoms with van der Waals surface area (Å²) < 4.78 is 18.6. The Bertz CT molecular complexity index is 796. The van der Waals surface area contributed by atoms with Gasteiger partial charge in [0.25, 0.3) is 0 Å². The molecule has 1 N–H and O–H groups in total. The number of halogens is 1. The van der Waals surface area contributed by atoms with Crippen molar-refractivity contribution in [1.82, 2.24) is 15.4 Å². The van der Waals surface area contributed by atoms with E-state index in [4.69, 9.17) is 4.74 Å². The van der Waals surface area contributed by atoms with E-state index in [9.17, 15) is 4.39 Å². The molecule has 0 fully saturated rings. The van der Waals surface area contributed by atoms with Crippen molar-refractivity contribution in [2.45, 2.75) is 0 Å². The van der Waals surface area contributed by atoms with Gasteiger partial charge >= 0.3 is 0 Å². The first-order valence-corrected chi connectivity index (χ1v) is 6.63. The summed E-state index contributed by atoms with van der Waals surface area (Å²) in [5.74, 6) is 0.896. The van der Waals surface area contributed by atoms with Crippen LogP contribution < -0.4 is 4.74 Å². The zero-order valence-electron chi connectivity index (χ0n) is 11.8. The molecule has 0 aliphatic rings. The monoisotopic (exact) mass is 296 g/mol. The van der Waals surface area contributed by atoms with E-state index >= 15 is 0 Å². The van der Waals surface area contributed by atoms with Crippen LogP contribution in [0.4, 0.5) is 4.39 Å². The number of benzene rings is 2. The number of aromatic amines is 1. The Labute approximate surface area is 126 Å². The maximum absolute atomic E-state index is 12.9. The third-order valence-corrected chi connectivity index (χ3v) is 2.98. The molecular formula is C16H13FN4O. The lowest BCUT2D eigenvalue weighted by molar-refractivity contribution is 0.481. The molecule has 0 radical (unpaired) electrons. The highest BCUT2D eigenvalue weighted by atomic mass is 19.1. The summed E-state index contributed by atoms with van der Waals surface area (Å²) in [6.07, 6.45) is 1.63. The van der Waals surface area contributed by atoms with Crippen molar-refractivity contribution < 1.29 is 9.13 Å². The topological polar surface area (TPSA) is 63.2 Å². The van der Waals surface area contributed by atoms with Crippen molar-refractivity contribution in [1.29, 1.82) is 0 Å². The van der Waals surface area contributed by atoms with Gasteiger partial charge in [-0.15, -0.1) is 0 Å². The molecule has 3 rings (SSSR count). The molecule has 0 amide bonds. The second-order valence-electron chi connectivity index (χ2n) is 4.53. The summed E-state index contributed by atoms with van der Waals surface area (Å²) in [6.45, 7) is 0. The van der Waals surface area contributed by atoms with Crippen molar-refractivity contribution in [3.8, 4) is 22.8 Å². The number of nitrogens with one attached hydrogen (secondary N) is 1. The fraction of sp³-hybridized carbons (Fsp3) is 0.0625. The second kappa shape index (κ2) is 6.17. The quantitative estimate of drug-likeness (QED) is 0.750. The maximum Gasteiger partial charge on any atom is 0.131 e. The van der Waals surface area contributed by atoms with Crippen LogP contribution in [0.15, 0.2) is 53.5 Å². The van der Waals surface area contributed by atoms with Gasteiger partial charge < -0.3 is 4.74 Å². The lowest BCUT2D eigenvalue weighted by Gasteiger charge is -2.07. The highest BCUT2D eigenvalue weighted by Gasteiger charge is 2.09. The van der Waals surface area contributed by atoms with Crippen LogP contribution in [-0.2, 0) is 0 Å². The van der Waals surface area contributed by atoms with Gasteiger partial charge in [0.1, 0.15) is 28.7 Å². The van der Waals surface area contributed by atoms with Gasteiger partial charge in [0.05, 0.1) is 6.21 Å². The fourth-order valence-corrected chi connectivity index (χ4v) is 2.01. The molecule has 110 valence electrons. The average molecular weight is 296 g/mol. The Morgan fingerprint density at radius 2 is 1.91 bits per heavy atom. The van der Waals surface area contributed by atoms with Gasteiger partial charge in [0.15, 0.2) is 0 Å². The number of rotatable bonds is 4. The number of ether oxygens (including phenoxy) is 1. The summed E-state index contributed by atoms with van der Waals surface area (Å²) in [7, 11) is 1.67. The smallest absolute Gasteiger partial charge is 0.131 e. The second-order valence-corrected chi connectivity index (χ2v) is 4.53. The molecule has 0 aliphatic carbocycles. The molecule has 1 heterocycles. The minimum absolute atomic E-state index is 0.299. The molecule has 5 nitrogen and oxygen atoms in total. The van der Waals surface area contributed by atoms with Crippen LogP contribution in [0.2, 0.25) is 0 Å². The van der Waals surface area contributed by atoms with Crippen LogP contribution in [0.1, 0.15) is 5.69 Å². The van der Waals surface area contributed by atoms with Gasteiger partial charge in [-0.3, -0.25) is 4.99 Å². The first kappa shape index (κ1) is 13.9. The van der Waals surface area contributed by atoms with Gasteiger partial charge in [0.2, 0.25) is 0 Å². The summed E-state index contributed by atoms with van der Waals surface area (Å²) in [5.41, 5.74) is 2.19. The molecule has 0 spiro atoms. The van der Waals surface area contributed by atoms with Crippen LogP contribution in [0.5, 0.6) is 11.5 Å². The van der Waals surface area contributed by atoms with Crippen LogP contribution in [0, 0.1) is 5.82 Å². The number of nitrogens with zero attached hydrogens (tertiary/aromatic N) is 3. The fourth-order valence-electron chi connectivity index (χ4n) is 2.01. The van der Waals surface area contributed by atoms with Crippen LogP contribution in [-0.4, -0.2) is 28.7 Å². The van der Waals surface area contributed by atoms with Gasteiger partial charge in [-0.25, -0.2) is 4.39 Å². The van der Waals surface area contributed by atoms with Crippen molar-refractivity contribution >= 4 is 6.21 Å². The molecule has 0 aliphatic heterocycles. The molecule has 0 unspecified atom stereocenters. The minimum Gasteiger partial charge on any atom is -0.457 e. The summed E-state index contributed by atoms with van der Waals surface area (Å²) >= 11 is 0. The Hall–Kier alpha value is -3.02. The number of aliphatic imine (C=N–C) groups is 1. The predicted octanol–water partition coefficient (Wildman–Crippen LogP) is 3.45. The lowest BCUT2D eigenvalue weighted by Crippen LogP contribution is -1.89. The third-order valence-electron chi connectivity index (χ3n) is 2.98. The van der Waals surface area contributed by atoms with Gasteiger partial charge in [-0.1, -0.05) is 12.1 Å². The van der Waals surface area contributed by atoms with Crippen molar-refractivity contribution in [3.05, 3.63) is 60.0 Å².